The van der Waals surface area contributed by atoms with Crippen LogP contribution in [0.25, 0.3) is 4.98 Å². The van der Waals surface area contributed by atoms with Crippen molar-refractivity contribution in [1.82, 2.24) is 4.31 Å². The van der Waals surface area contributed by atoms with Crippen molar-refractivity contribution in [2.75, 3.05) is 14.1 Å². The minimum Gasteiger partial charge on any atom is -1.00 e. The zero-order valence-electron chi connectivity index (χ0n) is 8.96. The Morgan fingerprint density at radius 2 is 1.75 bits per heavy atom. The first kappa shape index (κ1) is 14.8. The van der Waals surface area contributed by atoms with Crippen LogP contribution in [0.1, 0.15) is 5.56 Å². The molecule has 0 aromatic heterocycles. The number of halogens is 1. The molecule has 0 radical (unpaired) electrons. The molecular formula is C9H12ClN3O2S. The van der Waals surface area contributed by atoms with E-state index in [1.54, 1.807) is 24.3 Å². The van der Waals surface area contributed by atoms with Crippen LogP contribution in [-0.4, -0.2) is 26.8 Å². The molecule has 0 aliphatic carbocycles. The van der Waals surface area contributed by atoms with Crippen LogP contribution in [-0.2, 0) is 15.8 Å². The molecule has 1 aromatic carbocycles. The molecule has 1 aromatic rings. The van der Waals surface area contributed by atoms with E-state index in [1.807, 2.05) is 0 Å². The van der Waals surface area contributed by atoms with Gasteiger partial charge in [-0.1, -0.05) is 0 Å². The van der Waals surface area contributed by atoms with Crippen molar-refractivity contribution in [3.63, 3.8) is 0 Å². The summed E-state index contributed by atoms with van der Waals surface area (Å²) >= 11 is 0. The van der Waals surface area contributed by atoms with E-state index in [1.165, 1.54) is 18.4 Å². The van der Waals surface area contributed by atoms with Crippen LogP contribution >= 0.6 is 0 Å². The van der Waals surface area contributed by atoms with Crippen LogP contribution in [0.4, 0.5) is 5.69 Å². The van der Waals surface area contributed by atoms with Gasteiger partial charge in [-0.3, -0.25) is 0 Å². The molecule has 5 nitrogen and oxygen atoms in total. The van der Waals surface area contributed by atoms with E-state index in [0.717, 1.165) is 0 Å². The van der Waals surface area contributed by atoms with Crippen LogP contribution in [0.5, 0.6) is 0 Å². The van der Waals surface area contributed by atoms with Gasteiger partial charge in [-0.15, -0.1) is 0 Å². The van der Waals surface area contributed by atoms with Crippen molar-refractivity contribution in [2.24, 2.45) is 0 Å². The SMILES string of the molecule is CN(C)S(=O)(=O)Cc1ccc([N+]#N)cc1.[Cl-]. The molecule has 0 spiro atoms. The van der Waals surface area contributed by atoms with Gasteiger partial charge in [0.25, 0.3) is 0 Å². The van der Waals surface area contributed by atoms with Gasteiger partial charge >= 0.3 is 5.69 Å². The van der Waals surface area contributed by atoms with Gasteiger partial charge in [0.1, 0.15) is 0 Å². The van der Waals surface area contributed by atoms with Crippen LogP contribution in [0.15, 0.2) is 24.3 Å². The summed E-state index contributed by atoms with van der Waals surface area (Å²) in [4.78, 5) is 2.98. The molecule has 1 rings (SSSR count). The van der Waals surface area contributed by atoms with Crippen molar-refractivity contribution >= 4 is 15.7 Å². The number of sulfonamides is 1. The first-order valence-corrected chi connectivity index (χ1v) is 5.91. The molecule has 0 heterocycles. The van der Waals surface area contributed by atoms with Crippen molar-refractivity contribution in [3.8, 4) is 0 Å². The molecule has 0 N–H and O–H groups in total. The molecule has 16 heavy (non-hydrogen) atoms. The highest BCUT2D eigenvalue weighted by Gasteiger charge is 2.15. The Hall–Kier alpha value is -1.16. The lowest BCUT2D eigenvalue weighted by molar-refractivity contribution is -0.00000592. The zero-order valence-corrected chi connectivity index (χ0v) is 10.5. The topological polar surface area (TPSA) is 65.5 Å². The minimum absolute atomic E-state index is 0. The average molecular weight is 262 g/mol. The number of hydrogen-bond donors (Lipinski definition) is 0. The standard InChI is InChI=1S/C9H12N3O2S.ClH/c1-12(2)15(13,14)7-8-3-5-9(11-10)6-4-8;/h3-6H,7H2,1-2H3;1H/q+1;/p-1. The van der Waals surface area contributed by atoms with Crippen molar-refractivity contribution in [2.45, 2.75) is 5.75 Å². The van der Waals surface area contributed by atoms with Gasteiger partial charge in [-0.05, 0) is 17.7 Å². The van der Waals surface area contributed by atoms with Crippen molar-refractivity contribution in [1.29, 1.82) is 5.39 Å². The Labute approximate surface area is 101 Å². The Bertz CT molecular complexity index is 476. The van der Waals surface area contributed by atoms with Crippen molar-refractivity contribution < 1.29 is 20.8 Å². The summed E-state index contributed by atoms with van der Waals surface area (Å²) in [6.45, 7) is 0. The fourth-order valence-electron chi connectivity index (χ4n) is 0.999. The molecule has 0 unspecified atom stereocenters. The average Bonchev–Trinajstić information content (AvgIpc) is 2.18. The molecule has 0 fully saturated rings. The predicted octanol–water partition coefficient (Wildman–Crippen LogP) is -1.43. The second kappa shape index (κ2) is 5.80. The van der Waals surface area contributed by atoms with E-state index in [-0.39, 0.29) is 18.2 Å². The second-order valence-electron chi connectivity index (χ2n) is 3.31. The molecule has 0 aliphatic heterocycles. The van der Waals surface area contributed by atoms with E-state index < -0.39 is 10.0 Å². The van der Waals surface area contributed by atoms with Crippen LogP contribution < -0.4 is 12.4 Å². The Morgan fingerprint density at radius 3 is 2.12 bits per heavy atom. The summed E-state index contributed by atoms with van der Waals surface area (Å²) in [5, 5.41) is 8.45. The summed E-state index contributed by atoms with van der Waals surface area (Å²) in [6, 6.07) is 6.35. The molecule has 0 bridgehead atoms. The lowest BCUT2D eigenvalue weighted by Gasteiger charge is -2.10. The summed E-state index contributed by atoms with van der Waals surface area (Å²) in [6.07, 6.45) is 0. The first-order valence-electron chi connectivity index (χ1n) is 4.30. The summed E-state index contributed by atoms with van der Waals surface area (Å²) in [7, 11) is -0.245. The number of rotatable bonds is 3. The van der Waals surface area contributed by atoms with Gasteiger partial charge in [0.15, 0.2) is 4.98 Å². The van der Waals surface area contributed by atoms with Gasteiger partial charge in [0, 0.05) is 26.2 Å². The highest BCUT2D eigenvalue weighted by molar-refractivity contribution is 7.88. The molecular weight excluding hydrogens is 250 g/mol. The minimum atomic E-state index is -3.23. The Balaban J connectivity index is 0.00000225. The summed E-state index contributed by atoms with van der Waals surface area (Å²) in [5.74, 6) is -0.0499. The van der Waals surface area contributed by atoms with Crippen LogP contribution in [0, 0.1) is 5.39 Å². The maximum atomic E-state index is 11.5. The van der Waals surface area contributed by atoms with Gasteiger partial charge in [0.2, 0.25) is 15.4 Å². The predicted molar refractivity (Wildman–Crippen MR) is 57.5 cm³/mol. The summed E-state index contributed by atoms with van der Waals surface area (Å²) in [5.41, 5.74) is 1.07. The third-order valence-electron chi connectivity index (χ3n) is 1.96. The number of hydrogen-bond acceptors (Lipinski definition) is 3. The van der Waals surface area contributed by atoms with Gasteiger partial charge in [-0.2, -0.15) is 0 Å². The fourth-order valence-corrected chi connectivity index (χ4v) is 1.87. The molecule has 0 aliphatic rings. The van der Waals surface area contributed by atoms with Gasteiger partial charge in [0.05, 0.1) is 5.75 Å². The third kappa shape index (κ3) is 3.77. The van der Waals surface area contributed by atoms with E-state index in [2.05, 4.69) is 4.98 Å². The first-order chi connectivity index (χ1) is 6.95. The third-order valence-corrected chi connectivity index (χ3v) is 3.77. The molecule has 0 saturated heterocycles. The fraction of sp³-hybridized carbons (Fsp3) is 0.333. The van der Waals surface area contributed by atoms with E-state index in [9.17, 15) is 8.42 Å². The lowest BCUT2D eigenvalue weighted by atomic mass is 10.2. The summed E-state index contributed by atoms with van der Waals surface area (Å²) < 4.78 is 24.2. The Morgan fingerprint density at radius 1 is 1.25 bits per heavy atom. The van der Waals surface area contributed by atoms with E-state index in [4.69, 9.17) is 5.39 Å². The van der Waals surface area contributed by atoms with E-state index in [0.29, 0.717) is 11.3 Å². The monoisotopic (exact) mass is 261 g/mol. The van der Waals surface area contributed by atoms with Crippen molar-refractivity contribution in [3.05, 3.63) is 34.8 Å². The van der Waals surface area contributed by atoms with Crippen LogP contribution in [0.3, 0.4) is 0 Å². The van der Waals surface area contributed by atoms with Crippen LogP contribution in [0.2, 0.25) is 0 Å². The largest absolute Gasteiger partial charge is 1.00 e. The smallest absolute Gasteiger partial charge is 0.385 e. The zero-order chi connectivity index (χ0) is 11.5. The lowest BCUT2D eigenvalue weighted by Crippen LogP contribution is -3.00. The maximum Gasteiger partial charge on any atom is 0.385 e. The maximum absolute atomic E-state index is 11.5. The molecule has 7 heteroatoms. The number of diazo groups is 1. The quantitative estimate of drug-likeness (QED) is 0.627. The highest BCUT2D eigenvalue weighted by Crippen LogP contribution is 2.15. The highest BCUT2D eigenvalue weighted by atomic mass is 35.5. The molecule has 0 atom stereocenters. The molecule has 88 valence electrons. The van der Waals surface area contributed by atoms with Gasteiger partial charge < -0.3 is 12.4 Å². The Kier molecular flexibility index (Phi) is 5.38. The molecule has 0 saturated carbocycles. The number of nitrogens with zero attached hydrogens (tertiary/aromatic N) is 3. The van der Waals surface area contributed by atoms with Gasteiger partial charge in [-0.25, -0.2) is 12.7 Å². The number of benzene rings is 1. The second-order valence-corrected chi connectivity index (χ2v) is 5.49. The molecule has 0 amide bonds. The normalized spacial score (nSPS) is 10.6. The van der Waals surface area contributed by atoms with E-state index >= 15 is 0 Å².